The SMILES string of the molecule is COc1ccccc1CN(CC(=O)NCc1ccc(F)cc1)C1CC1. The van der Waals surface area contributed by atoms with Crippen LogP contribution in [0.5, 0.6) is 5.75 Å². The third-order valence-electron chi connectivity index (χ3n) is 4.38. The number of para-hydroxylation sites is 1. The zero-order valence-corrected chi connectivity index (χ0v) is 14.4. The van der Waals surface area contributed by atoms with E-state index in [-0.39, 0.29) is 11.7 Å². The van der Waals surface area contributed by atoms with Crippen molar-refractivity contribution in [1.82, 2.24) is 10.2 Å². The van der Waals surface area contributed by atoms with Crippen LogP contribution in [0.1, 0.15) is 24.0 Å². The monoisotopic (exact) mass is 342 g/mol. The number of halogens is 1. The maximum absolute atomic E-state index is 12.9. The van der Waals surface area contributed by atoms with Crippen molar-refractivity contribution in [2.75, 3.05) is 13.7 Å². The molecule has 2 aromatic rings. The molecular weight excluding hydrogens is 319 g/mol. The minimum atomic E-state index is -0.271. The Labute approximate surface area is 147 Å². The number of ether oxygens (including phenoxy) is 1. The first-order valence-corrected chi connectivity index (χ1v) is 8.53. The average Bonchev–Trinajstić information content (AvgIpc) is 3.46. The van der Waals surface area contributed by atoms with E-state index in [4.69, 9.17) is 4.74 Å². The highest BCUT2D eigenvalue weighted by Crippen LogP contribution is 2.30. The van der Waals surface area contributed by atoms with Gasteiger partial charge in [-0.2, -0.15) is 0 Å². The lowest BCUT2D eigenvalue weighted by molar-refractivity contribution is -0.122. The van der Waals surface area contributed by atoms with E-state index in [1.165, 1.54) is 12.1 Å². The molecule has 1 fully saturated rings. The van der Waals surface area contributed by atoms with Crippen LogP contribution < -0.4 is 10.1 Å². The second-order valence-corrected chi connectivity index (χ2v) is 6.35. The lowest BCUT2D eigenvalue weighted by atomic mass is 10.2. The first kappa shape index (κ1) is 17.4. The molecule has 0 aliphatic heterocycles. The molecule has 5 heteroatoms. The number of amides is 1. The average molecular weight is 342 g/mol. The predicted octanol–water partition coefficient (Wildman–Crippen LogP) is 3.12. The molecule has 3 rings (SSSR count). The molecule has 0 radical (unpaired) electrons. The molecule has 0 spiro atoms. The van der Waals surface area contributed by atoms with Crippen molar-refractivity contribution < 1.29 is 13.9 Å². The van der Waals surface area contributed by atoms with Crippen LogP contribution in [0.3, 0.4) is 0 Å². The van der Waals surface area contributed by atoms with Crippen LogP contribution in [0.4, 0.5) is 4.39 Å². The molecule has 132 valence electrons. The van der Waals surface area contributed by atoms with Crippen LogP contribution in [-0.2, 0) is 17.9 Å². The minimum Gasteiger partial charge on any atom is -0.496 e. The summed E-state index contributed by atoms with van der Waals surface area (Å²) < 4.78 is 18.3. The van der Waals surface area contributed by atoms with E-state index in [1.807, 2.05) is 24.3 Å². The predicted molar refractivity (Wildman–Crippen MR) is 94.7 cm³/mol. The third-order valence-corrected chi connectivity index (χ3v) is 4.38. The number of hydrogen-bond acceptors (Lipinski definition) is 3. The summed E-state index contributed by atoms with van der Waals surface area (Å²) in [5, 5.41) is 2.91. The molecule has 0 unspecified atom stereocenters. The second kappa shape index (κ2) is 8.12. The summed E-state index contributed by atoms with van der Waals surface area (Å²) in [7, 11) is 1.66. The maximum atomic E-state index is 12.9. The van der Waals surface area contributed by atoms with Crippen molar-refractivity contribution in [3.8, 4) is 5.75 Å². The van der Waals surface area contributed by atoms with Gasteiger partial charge in [-0.1, -0.05) is 30.3 Å². The van der Waals surface area contributed by atoms with Gasteiger partial charge in [-0.3, -0.25) is 9.69 Å². The molecule has 25 heavy (non-hydrogen) atoms. The Balaban J connectivity index is 1.56. The van der Waals surface area contributed by atoms with E-state index in [9.17, 15) is 9.18 Å². The lowest BCUT2D eigenvalue weighted by Crippen LogP contribution is -2.37. The van der Waals surface area contributed by atoms with Crippen LogP contribution >= 0.6 is 0 Å². The molecule has 1 amide bonds. The number of nitrogens with one attached hydrogen (secondary N) is 1. The summed E-state index contributed by atoms with van der Waals surface area (Å²) in [5.74, 6) is 0.554. The van der Waals surface area contributed by atoms with E-state index in [1.54, 1.807) is 19.2 Å². The summed E-state index contributed by atoms with van der Waals surface area (Å²) in [5.41, 5.74) is 1.97. The largest absolute Gasteiger partial charge is 0.496 e. The fraction of sp³-hybridized carbons (Fsp3) is 0.350. The first-order valence-electron chi connectivity index (χ1n) is 8.53. The number of methoxy groups -OCH3 is 1. The van der Waals surface area contributed by atoms with Gasteiger partial charge >= 0.3 is 0 Å². The molecule has 0 aromatic heterocycles. The van der Waals surface area contributed by atoms with Gasteiger partial charge in [0.2, 0.25) is 5.91 Å². The number of rotatable bonds is 8. The number of carbonyl (C=O) groups excluding carboxylic acids is 1. The lowest BCUT2D eigenvalue weighted by Gasteiger charge is -2.22. The second-order valence-electron chi connectivity index (χ2n) is 6.35. The Morgan fingerprint density at radius 3 is 2.60 bits per heavy atom. The Bertz CT molecular complexity index is 714. The topological polar surface area (TPSA) is 41.6 Å². The van der Waals surface area contributed by atoms with Gasteiger partial charge in [0.05, 0.1) is 13.7 Å². The molecule has 0 atom stereocenters. The van der Waals surface area contributed by atoms with E-state index in [0.717, 1.165) is 29.7 Å². The van der Waals surface area contributed by atoms with Gasteiger partial charge in [-0.15, -0.1) is 0 Å². The molecule has 1 aliphatic rings. The Morgan fingerprint density at radius 1 is 1.20 bits per heavy atom. The van der Waals surface area contributed by atoms with Gasteiger partial charge in [0.15, 0.2) is 0 Å². The van der Waals surface area contributed by atoms with Crippen molar-refractivity contribution in [2.24, 2.45) is 0 Å². The van der Waals surface area contributed by atoms with Crippen LogP contribution in [0.15, 0.2) is 48.5 Å². The van der Waals surface area contributed by atoms with E-state index in [0.29, 0.717) is 25.7 Å². The maximum Gasteiger partial charge on any atom is 0.234 e. The smallest absolute Gasteiger partial charge is 0.234 e. The quantitative estimate of drug-likeness (QED) is 0.801. The van der Waals surface area contributed by atoms with Gasteiger partial charge in [-0.25, -0.2) is 4.39 Å². The van der Waals surface area contributed by atoms with Crippen LogP contribution in [-0.4, -0.2) is 30.5 Å². The van der Waals surface area contributed by atoms with Gasteiger partial charge in [0.1, 0.15) is 11.6 Å². The minimum absolute atomic E-state index is 0.0221. The molecule has 1 N–H and O–H groups in total. The van der Waals surface area contributed by atoms with Crippen molar-refractivity contribution >= 4 is 5.91 Å². The highest BCUT2D eigenvalue weighted by Gasteiger charge is 2.30. The Morgan fingerprint density at radius 2 is 1.92 bits per heavy atom. The molecule has 2 aromatic carbocycles. The fourth-order valence-electron chi connectivity index (χ4n) is 2.85. The van der Waals surface area contributed by atoms with Crippen LogP contribution in [0.25, 0.3) is 0 Å². The van der Waals surface area contributed by atoms with Gasteiger partial charge < -0.3 is 10.1 Å². The molecule has 0 saturated heterocycles. The van der Waals surface area contributed by atoms with E-state index < -0.39 is 0 Å². The van der Waals surface area contributed by atoms with Crippen molar-refractivity contribution in [3.63, 3.8) is 0 Å². The van der Waals surface area contributed by atoms with Gasteiger partial charge in [-0.05, 0) is 36.6 Å². The normalized spacial score (nSPS) is 13.7. The summed E-state index contributed by atoms with van der Waals surface area (Å²) in [6.07, 6.45) is 2.25. The number of benzene rings is 2. The summed E-state index contributed by atoms with van der Waals surface area (Å²) in [6, 6.07) is 14.5. The molecule has 1 saturated carbocycles. The van der Waals surface area contributed by atoms with Gasteiger partial charge in [0.25, 0.3) is 0 Å². The Kier molecular flexibility index (Phi) is 5.66. The highest BCUT2D eigenvalue weighted by molar-refractivity contribution is 5.78. The van der Waals surface area contributed by atoms with Crippen molar-refractivity contribution in [3.05, 3.63) is 65.5 Å². The Hall–Kier alpha value is -2.40. The molecule has 0 bridgehead atoms. The summed E-state index contributed by atoms with van der Waals surface area (Å²) >= 11 is 0. The van der Waals surface area contributed by atoms with Crippen LogP contribution in [0, 0.1) is 5.82 Å². The summed E-state index contributed by atoms with van der Waals surface area (Å²) in [4.78, 5) is 14.5. The summed E-state index contributed by atoms with van der Waals surface area (Å²) in [6.45, 7) is 1.45. The van der Waals surface area contributed by atoms with Crippen molar-refractivity contribution in [2.45, 2.75) is 32.0 Å². The molecule has 1 aliphatic carbocycles. The standard InChI is InChI=1S/C20H23FN2O2/c1-25-19-5-3-2-4-16(19)13-23(18-10-11-18)14-20(24)22-12-15-6-8-17(21)9-7-15/h2-9,18H,10-14H2,1H3,(H,22,24). The van der Waals surface area contributed by atoms with Crippen molar-refractivity contribution in [1.29, 1.82) is 0 Å². The molecule has 0 heterocycles. The highest BCUT2D eigenvalue weighted by atomic mass is 19.1. The number of nitrogens with zero attached hydrogens (tertiary/aromatic N) is 1. The van der Waals surface area contributed by atoms with Crippen LogP contribution in [0.2, 0.25) is 0 Å². The molecule has 4 nitrogen and oxygen atoms in total. The van der Waals surface area contributed by atoms with E-state index >= 15 is 0 Å². The third kappa shape index (κ3) is 5.03. The van der Waals surface area contributed by atoms with Gasteiger partial charge in [0, 0.05) is 24.7 Å². The zero-order valence-electron chi connectivity index (χ0n) is 14.4. The number of hydrogen-bond donors (Lipinski definition) is 1. The van der Waals surface area contributed by atoms with E-state index in [2.05, 4.69) is 10.2 Å². The number of carbonyl (C=O) groups is 1. The molecular formula is C20H23FN2O2. The first-order chi connectivity index (χ1) is 12.2. The zero-order chi connectivity index (χ0) is 17.6. The fourth-order valence-corrected chi connectivity index (χ4v) is 2.85.